The Labute approximate surface area is 173 Å². The van der Waals surface area contributed by atoms with Gasteiger partial charge in [0.2, 0.25) is 0 Å². The van der Waals surface area contributed by atoms with Gasteiger partial charge in [0.1, 0.15) is 11.7 Å². The first-order chi connectivity index (χ1) is 12.9. The Bertz CT molecular complexity index is 874. The van der Waals surface area contributed by atoms with Gasteiger partial charge >= 0.3 is 0 Å². The van der Waals surface area contributed by atoms with Crippen LogP contribution < -0.4 is 20.6 Å². The molecule has 0 aromatic heterocycles. The summed E-state index contributed by atoms with van der Waals surface area (Å²) in [6.45, 7) is 0.354. The number of benzene rings is 2. The number of hydrogen-bond donors (Lipinski definition) is 2. The van der Waals surface area contributed by atoms with E-state index in [9.17, 15) is 10.1 Å². The van der Waals surface area contributed by atoms with Crippen LogP contribution in [0.15, 0.2) is 46.6 Å². The first-order valence-corrected chi connectivity index (χ1v) is 8.87. The molecule has 0 fully saturated rings. The van der Waals surface area contributed by atoms with Crippen LogP contribution >= 0.6 is 34.2 Å². The fourth-order valence-corrected chi connectivity index (χ4v) is 2.88. The van der Waals surface area contributed by atoms with Crippen molar-refractivity contribution in [2.75, 3.05) is 7.11 Å². The van der Waals surface area contributed by atoms with Crippen LogP contribution in [0, 0.1) is 13.7 Å². The SMILES string of the molecule is COc1cc(/C=N\N/C(N)=N/[N+](=O)[O-])cc(I)c1OCc1ccc(Cl)cc1. The number of rotatable bonds is 7. The average molecular weight is 504 g/mol. The second-order valence-electron chi connectivity index (χ2n) is 5.04. The largest absolute Gasteiger partial charge is 0.493 e. The number of nitro groups is 1. The van der Waals surface area contributed by atoms with Crippen molar-refractivity contribution in [1.82, 2.24) is 5.43 Å². The summed E-state index contributed by atoms with van der Waals surface area (Å²) in [6, 6.07) is 10.9. The zero-order valence-electron chi connectivity index (χ0n) is 14.1. The van der Waals surface area contributed by atoms with E-state index in [2.05, 4.69) is 38.2 Å². The second kappa shape index (κ2) is 9.92. The lowest BCUT2D eigenvalue weighted by molar-refractivity contribution is -0.485. The lowest BCUT2D eigenvalue weighted by Gasteiger charge is -2.13. The Morgan fingerprint density at radius 2 is 2.11 bits per heavy atom. The van der Waals surface area contributed by atoms with Crippen LogP contribution in [-0.2, 0) is 6.61 Å². The minimum absolute atomic E-state index is 0.354. The van der Waals surface area contributed by atoms with Crippen molar-refractivity contribution in [2.45, 2.75) is 6.61 Å². The summed E-state index contributed by atoms with van der Waals surface area (Å²) in [4.78, 5) is 10.2. The number of guanidine groups is 1. The number of hydrogen-bond acceptors (Lipinski definition) is 5. The lowest BCUT2D eigenvalue weighted by atomic mass is 10.2. The molecule has 11 heteroatoms. The molecule has 0 amide bonds. The number of nitrogens with zero attached hydrogens (tertiary/aromatic N) is 3. The molecule has 142 valence electrons. The molecule has 0 heterocycles. The molecule has 0 unspecified atom stereocenters. The van der Waals surface area contributed by atoms with Crippen LogP contribution in [0.5, 0.6) is 11.5 Å². The zero-order chi connectivity index (χ0) is 19.8. The van der Waals surface area contributed by atoms with E-state index in [1.807, 2.05) is 18.2 Å². The van der Waals surface area contributed by atoms with Gasteiger partial charge < -0.3 is 15.2 Å². The summed E-state index contributed by atoms with van der Waals surface area (Å²) in [5.41, 5.74) is 9.18. The maximum atomic E-state index is 10.2. The second-order valence-corrected chi connectivity index (χ2v) is 6.64. The smallest absolute Gasteiger partial charge is 0.286 e. The summed E-state index contributed by atoms with van der Waals surface area (Å²) in [5.74, 6) is 0.678. The lowest BCUT2D eigenvalue weighted by Crippen LogP contribution is -2.28. The van der Waals surface area contributed by atoms with E-state index in [1.54, 1.807) is 18.2 Å². The number of nitrogens with two attached hydrogens (primary N) is 1. The Kier molecular flexibility index (Phi) is 7.61. The normalized spacial score (nSPS) is 11.4. The summed E-state index contributed by atoms with van der Waals surface area (Å²) in [5, 5.41) is 16.6. The molecule has 0 radical (unpaired) electrons. The van der Waals surface area contributed by atoms with Crippen LogP contribution in [0.4, 0.5) is 0 Å². The van der Waals surface area contributed by atoms with Crippen LogP contribution in [0.1, 0.15) is 11.1 Å². The highest BCUT2D eigenvalue weighted by Crippen LogP contribution is 2.34. The summed E-state index contributed by atoms with van der Waals surface area (Å²) in [6.07, 6.45) is 1.43. The summed E-state index contributed by atoms with van der Waals surface area (Å²) >= 11 is 8.00. The van der Waals surface area contributed by atoms with Gasteiger partial charge in [-0.1, -0.05) is 23.7 Å². The molecule has 3 N–H and O–H groups in total. The first-order valence-electron chi connectivity index (χ1n) is 7.41. The third-order valence-corrected chi connectivity index (χ3v) is 4.18. The number of nitrogens with one attached hydrogen (secondary N) is 1. The van der Waals surface area contributed by atoms with Gasteiger partial charge in [0.15, 0.2) is 16.5 Å². The van der Waals surface area contributed by atoms with Crippen molar-refractivity contribution in [3.05, 3.63) is 66.2 Å². The Balaban J connectivity index is 2.11. The van der Waals surface area contributed by atoms with Crippen LogP contribution in [0.25, 0.3) is 0 Å². The van der Waals surface area contributed by atoms with E-state index < -0.39 is 11.0 Å². The number of halogens is 2. The zero-order valence-corrected chi connectivity index (χ0v) is 17.0. The molecule has 2 rings (SSSR count). The molecule has 0 bridgehead atoms. The van der Waals surface area contributed by atoms with Gasteiger partial charge in [-0.2, -0.15) is 5.10 Å². The molecular weight excluding hydrogens is 489 g/mol. The minimum atomic E-state index is -0.920. The van der Waals surface area contributed by atoms with Crippen LogP contribution in [0.2, 0.25) is 5.02 Å². The highest BCUT2D eigenvalue weighted by Gasteiger charge is 2.11. The van der Waals surface area contributed by atoms with E-state index in [0.29, 0.717) is 28.7 Å². The molecular formula is C16H15ClIN5O4. The monoisotopic (exact) mass is 503 g/mol. The van der Waals surface area contributed by atoms with E-state index in [4.69, 9.17) is 26.8 Å². The highest BCUT2D eigenvalue weighted by molar-refractivity contribution is 14.1. The fourth-order valence-electron chi connectivity index (χ4n) is 1.97. The standard InChI is InChI=1S/C16H15ClIN5O4/c1-26-14-7-11(8-20-21-16(19)22-23(24)25)6-13(18)15(14)27-9-10-2-4-12(17)5-3-10/h2-8H,9H2,1H3,(H3,19,21,22)/b20-8-. The maximum absolute atomic E-state index is 10.2. The van der Waals surface area contributed by atoms with Gasteiger partial charge in [-0.15, -0.1) is 0 Å². The van der Waals surface area contributed by atoms with Gasteiger partial charge in [0.25, 0.3) is 5.96 Å². The molecule has 0 spiro atoms. The molecule has 0 aliphatic rings. The third-order valence-electron chi connectivity index (χ3n) is 3.13. The van der Waals surface area contributed by atoms with Gasteiger partial charge in [0.05, 0.1) is 16.9 Å². The first kappa shape index (κ1) is 20.7. The minimum Gasteiger partial charge on any atom is -0.493 e. The van der Waals surface area contributed by atoms with E-state index in [-0.39, 0.29) is 0 Å². The fraction of sp³-hybridized carbons (Fsp3) is 0.125. The summed E-state index contributed by atoms with van der Waals surface area (Å²) < 4.78 is 12.1. The molecule has 0 saturated heterocycles. The molecule has 27 heavy (non-hydrogen) atoms. The van der Waals surface area contributed by atoms with Crippen molar-refractivity contribution in [2.24, 2.45) is 15.9 Å². The van der Waals surface area contributed by atoms with Crippen molar-refractivity contribution in [3.63, 3.8) is 0 Å². The van der Waals surface area contributed by atoms with Crippen molar-refractivity contribution < 1.29 is 14.5 Å². The van der Waals surface area contributed by atoms with Crippen molar-refractivity contribution in [1.29, 1.82) is 0 Å². The van der Waals surface area contributed by atoms with Crippen LogP contribution in [0.3, 0.4) is 0 Å². The average Bonchev–Trinajstić information content (AvgIpc) is 2.61. The number of hydrazone groups is 2. The van der Waals surface area contributed by atoms with E-state index in [0.717, 1.165) is 9.13 Å². The highest BCUT2D eigenvalue weighted by atomic mass is 127. The molecule has 9 nitrogen and oxygen atoms in total. The quantitative estimate of drug-likeness (QED) is 0.197. The molecule has 0 saturated carbocycles. The Hall–Kier alpha value is -2.60. The predicted octanol–water partition coefficient (Wildman–Crippen LogP) is 2.96. The number of methoxy groups -OCH3 is 1. The third kappa shape index (κ3) is 6.57. The predicted molar refractivity (Wildman–Crippen MR) is 111 cm³/mol. The van der Waals surface area contributed by atoms with Gasteiger partial charge in [0, 0.05) is 5.02 Å². The number of ether oxygens (including phenoxy) is 2. The van der Waals surface area contributed by atoms with E-state index in [1.165, 1.54) is 13.3 Å². The molecule has 0 atom stereocenters. The molecule has 2 aromatic carbocycles. The van der Waals surface area contributed by atoms with Gasteiger partial charge in [-0.3, -0.25) is 0 Å². The molecule has 2 aromatic rings. The Morgan fingerprint density at radius 3 is 2.74 bits per heavy atom. The van der Waals surface area contributed by atoms with E-state index >= 15 is 0 Å². The Morgan fingerprint density at radius 1 is 1.41 bits per heavy atom. The van der Waals surface area contributed by atoms with Crippen molar-refractivity contribution >= 4 is 46.4 Å². The van der Waals surface area contributed by atoms with Crippen LogP contribution in [-0.4, -0.2) is 24.3 Å². The molecule has 0 aliphatic carbocycles. The molecule has 0 aliphatic heterocycles. The van der Waals surface area contributed by atoms with Crippen molar-refractivity contribution in [3.8, 4) is 11.5 Å². The van der Waals surface area contributed by atoms with Gasteiger partial charge in [-0.05, 0) is 58.0 Å². The van der Waals surface area contributed by atoms with Gasteiger partial charge in [-0.25, -0.2) is 15.5 Å². The maximum Gasteiger partial charge on any atom is 0.286 e. The topological polar surface area (TPSA) is 124 Å². The summed E-state index contributed by atoms with van der Waals surface area (Å²) in [7, 11) is 1.53.